The molecule has 2 aliphatic rings. The van der Waals surface area contributed by atoms with Crippen molar-refractivity contribution in [3.8, 4) is 0 Å². The molecule has 24 heteroatoms. The van der Waals surface area contributed by atoms with Crippen molar-refractivity contribution in [2.24, 2.45) is 0 Å². The molecule has 0 amide bonds. The van der Waals surface area contributed by atoms with Crippen molar-refractivity contribution in [1.82, 2.24) is 9.80 Å². The zero-order valence-corrected chi connectivity index (χ0v) is 15.2. The second-order valence-corrected chi connectivity index (χ2v) is 6.83. The van der Waals surface area contributed by atoms with E-state index in [4.69, 9.17) is 0 Å². The Morgan fingerprint density at radius 1 is 0.444 bits per heavy atom. The third-order valence-electron chi connectivity index (χ3n) is 4.67. The van der Waals surface area contributed by atoms with Crippen LogP contribution in [0.5, 0.6) is 0 Å². The Bertz CT molecular complexity index is 903. The molecule has 0 spiro atoms. The first kappa shape index (κ1) is 30.2. The van der Waals surface area contributed by atoms with Crippen molar-refractivity contribution < 1.29 is 96.6 Å². The fourth-order valence-electron chi connectivity index (χ4n) is 2.89. The van der Waals surface area contributed by atoms with Crippen molar-refractivity contribution in [2.45, 2.75) is 60.1 Å². The topological polar surface area (TPSA) is 6.48 Å². The molecule has 2 heterocycles. The Balaban J connectivity index is 3.01. The molecule has 2 aliphatic heterocycles. The first-order chi connectivity index (χ1) is 15.3. The molecule has 0 aromatic rings. The van der Waals surface area contributed by atoms with Gasteiger partial charge in [0.2, 0.25) is 5.83 Å². The molecule has 0 atom stereocenters. The molecule has 2 fully saturated rings. The number of alkyl halides is 21. The van der Waals surface area contributed by atoms with Crippen LogP contribution in [-0.2, 0) is 0 Å². The average Bonchev–Trinajstić information content (AvgIpc) is 2.73. The van der Waals surface area contributed by atoms with Gasteiger partial charge in [0.05, 0.1) is 0 Å². The van der Waals surface area contributed by atoms with Crippen LogP contribution >= 0.6 is 0 Å². The molecular weight excluding hydrogens is 590 g/mol. The zero-order valence-electron chi connectivity index (χ0n) is 15.2. The molecule has 0 N–H and O–H groups in total. The smallest absolute Gasteiger partial charge is 0.235 e. The first-order valence-corrected chi connectivity index (χ1v) is 7.75. The summed E-state index contributed by atoms with van der Waals surface area (Å²) in [6, 6.07) is -39.4. The van der Waals surface area contributed by atoms with E-state index in [0.717, 1.165) is 0 Å². The maximum atomic E-state index is 14.0. The van der Waals surface area contributed by atoms with Crippen LogP contribution in [0.15, 0.2) is 11.5 Å². The van der Waals surface area contributed by atoms with Crippen molar-refractivity contribution in [1.29, 1.82) is 0 Å². The molecule has 2 saturated heterocycles. The lowest BCUT2D eigenvalue weighted by Crippen LogP contribution is -2.60. The molecule has 0 aromatic carbocycles. The van der Waals surface area contributed by atoms with Gasteiger partial charge in [0.15, 0.2) is 5.70 Å². The largest absolute Gasteiger partial charge is 0.434 e. The van der Waals surface area contributed by atoms with E-state index >= 15 is 0 Å². The van der Waals surface area contributed by atoms with E-state index in [2.05, 4.69) is 0 Å². The number of halogens is 22. The summed E-state index contributed by atoms with van der Waals surface area (Å²) in [5, 5.41) is 0. The van der Waals surface area contributed by atoms with E-state index < -0.39 is 81.4 Å². The minimum Gasteiger partial charge on any atom is -0.235 e. The number of hydrogen-bond donors (Lipinski definition) is 0. The van der Waals surface area contributed by atoms with Gasteiger partial charge >= 0.3 is 60.1 Å². The van der Waals surface area contributed by atoms with E-state index in [1.54, 1.807) is 0 Å². The van der Waals surface area contributed by atoms with Crippen LogP contribution < -0.4 is 0 Å². The molecule has 0 bridgehead atoms. The summed E-state index contributed by atoms with van der Waals surface area (Å²) in [6.45, 7) is 0. The summed E-state index contributed by atoms with van der Waals surface area (Å²) in [6.07, 6.45) is -7.84. The lowest BCUT2D eigenvalue weighted by atomic mass is 10.2. The molecule has 0 radical (unpaired) electrons. The molecule has 2 rings (SSSR count). The minimum atomic E-state index is -8.14. The van der Waals surface area contributed by atoms with Crippen molar-refractivity contribution in [3.63, 3.8) is 0 Å². The normalized spacial score (nSPS) is 30.3. The summed E-state index contributed by atoms with van der Waals surface area (Å²) in [4.78, 5) is -8.50. The second-order valence-electron chi connectivity index (χ2n) is 6.83. The number of rotatable bonds is 3. The van der Waals surface area contributed by atoms with Gasteiger partial charge in [-0.05, 0) is 0 Å². The highest BCUT2D eigenvalue weighted by Gasteiger charge is 2.97. The van der Waals surface area contributed by atoms with E-state index in [9.17, 15) is 96.6 Å². The third kappa shape index (κ3) is 2.95. The van der Waals surface area contributed by atoms with Crippen LogP contribution in [0.2, 0.25) is 0 Å². The zero-order chi connectivity index (χ0) is 29.3. The third-order valence-corrected chi connectivity index (χ3v) is 4.67. The quantitative estimate of drug-likeness (QED) is 0.262. The predicted octanol–water partition coefficient (Wildman–Crippen LogP) is 6.87. The predicted molar refractivity (Wildman–Crippen MR) is 62.4 cm³/mol. The first-order valence-electron chi connectivity index (χ1n) is 7.75. The minimum absolute atomic E-state index is 4.15. The van der Waals surface area contributed by atoms with Crippen LogP contribution in [0, 0.1) is 0 Å². The van der Waals surface area contributed by atoms with E-state index in [1.807, 2.05) is 0 Å². The highest BCUT2D eigenvalue weighted by Crippen LogP contribution is 2.68. The Morgan fingerprint density at radius 2 is 0.694 bits per heavy atom. The van der Waals surface area contributed by atoms with Gasteiger partial charge < -0.3 is 0 Å². The molecule has 2 nitrogen and oxygen atoms in total. The maximum Gasteiger partial charge on any atom is 0.434 e. The van der Waals surface area contributed by atoms with Crippen molar-refractivity contribution in [3.05, 3.63) is 11.5 Å². The fourth-order valence-corrected chi connectivity index (χ4v) is 2.89. The van der Waals surface area contributed by atoms with Gasteiger partial charge in [0.1, 0.15) is 0 Å². The highest BCUT2D eigenvalue weighted by atomic mass is 19.4. The van der Waals surface area contributed by atoms with Crippen LogP contribution in [-0.4, -0.2) is 69.9 Å². The van der Waals surface area contributed by atoms with E-state index in [0.29, 0.717) is 0 Å². The van der Waals surface area contributed by atoms with Gasteiger partial charge in [0.25, 0.3) is 0 Å². The summed E-state index contributed by atoms with van der Waals surface area (Å²) in [5.41, 5.74) is -5.51. The van der Waals surface area contributed by atoms with Crippen molar-refractivity contribution >= 4 is 0 Å². The Labute approximate surface area is 179 Å². The van der Waals surface area contributed by atoms with E-state index in [1.165, 1.54) is 0 Å². The molecule has 36 heavy (non-hydrogen) atoms. The maximum absolute atomic E-state index is 14.0. The summed E-state index contributed by atoms with van der Waals surface area (Å²) in [7, 11) is 0. The molecule has 0 aliphatic carbocycles. The van der Waals surface area contributed by atoms with E-state index in [-0.39, 0.29) is 0 Å². The number of nitrogens with zero attached hydrogens (tertiary/aromatic N) is 2. The SMILES string of the molecule is F/C(=C(/N1C(F)(F)C(F)(F)C(F)(F)C1(F)F)C(F)(F)F)C(F)(F)N1C(F)(F)C(F)(F)C(F)(F)C1(F)F. The van der Waals surface area contributed by atoms with Crippen LogP contribution in [0.1, 0.15) is 0 Å². The lowest BCUT2D eigenvalue weighted by molar-refractivity contribution is -0.357. The molecule has 212 valence electrons. The summed E-state index contributed by atoms with van der Waals surface area (Å²) >= 11 is 0. The Hall–Kier alpha value is -2.04. The van der Waals surface area contributed by atoms with Gasteiger partial charge in [-0.3, -0.25) is 0 Å². The lowest BCUT2D eigenvalue weighted by Gasteiger charge is -2.37. The summed E-state index contributed by atoms with van der Waals surface area (Å²) < 4.78 is 294. The summed E-state index contributed by atoms with van der Waals surface area (Å²) in [5.74, 6) is -36.7. The van der Waals surface area contributed by atoms with Crippen LogP contribution in [0.3, 0.4) is 0 Å². The van der Waals surface area contributed by atoms with Crippen molar-refractivity contribution in [2.75, 3.05) is 0 Å². The van der Waals surface area contributed by atoms with Gasteiger partial charge in [-0.25, -0.2) is 9.29 Å². The highest BCUT2D eigenvalue weighted by molar-refractivity contribution is 5.29. The standard InChI is InChI=1S/C12F22N2/c13-1(4(17,18)36-11(31,32)7(23,24)8(25,26)12(36,33)34)2(3(14,15)16)35-9(27,28)5(19,20)6(21,22)10(35,29)30/b2-1+. The molecule has 0 unspecified atom stereocenters. The van der Waals surface area contributed by atoms with Gasteiger partial charge in [-0.1, -0.05) is 0 Å². The second kappa shape index (κ2) is 6.88. The number of likely N-dealkylation sites (tertiary alicyclic amines) is 2. The molecular formula is C12F22N2. The Morgan fingerprint density at radius 3 is 0.944 bits per heavy atom. The van der Waals surface area contributed by atoms with Crippen LogP contribution in [0.25, 0.3) is 0 Å². The van der Waals surface area contributed by atoms with Gasteiger partial charge in [-0.2, -0.15) is 92.2 Å². The Kier molecular flexibility index (Phi) is 5.77. The number of allylic oxidation sites excluding steroid dienone is 1. The monoisotopic (exact) mass is 590 g/mol. The number of hydrogen-bond acceptors (Lipinski definition) is 2. The van der Waals surface area contributed by atoms with Crippen LogP contribution in [0.4, 0.5) is 96.6 Å². The molecule has 0 aromatic heterocycles. The average molecular weight is 590 g/mol. The van der Waals surface area contributed by atoms with Gasteiger partial charge in [0, 0.05) is 0 Å². The molecule has 0 saturated carbocycles. The fraction of sp³-hybridized carbons (Fsp3) is 0.833. The van der Waals surface area contributed by atoms with Gasteiger partial charge in [-0.15, -0.1) is 4.90 Å².